The van der Waals surface area contributed by atoms with Crippen molar-refractivity contribution in [3.8, 4) is 0 Å². The molecule has 1 aromatic carbocycles. The number of rotatable bonds is 1. The van der Waals surface area contributed by atoms with E-state index < -0.39 is 27.3 Å². The van der Waals surface area contributed by atoms with E-state index in [0.29, 0.717) is 4.31 Å². The van der Waals surface area contributed by atoms with Crippen molar-refractivity contribution >= 4 is 37.3 Å². The standard InChI is InChI=1S/C9H6ClNO4S/c10-16(14,15)11-7-4-2-1-3-6(7)8(12)5-9(11)13/h1-4H,5H2. The molecule has 5 nitrogen and oxygen atoms in total. The SMILES string of the molecule is O=C1CC(=O)N(S(=O)(=O)Cl)c2ccccc21. The van der Waals surface area contributed by atoms with E-state index >= 15 is 0 Å². The number of ketones is 1. The number of hydrogen-bond acceptors (Lipinski definition) is 4. The molecule has 0 aliphatic carbocycles. The van der Waals surface area contributed by atoms with Gasteiger partial charge in [-0.1, -0.05) is 12.1 Å². The molecule has 0 aromatic heterocycles. The molecule has 0 radical (unpaired) electrons. The van der Waals surface area contributed by atoms with Gasteiger partial charge < -0.3 is 0 Å². The first-order valence-corrected chi connectivity index (χ1v) is 6.58. The largest absolute Gasteiger partial charge is 0.328 e. The number of nitrogens with zero attached hydrogens (tertiary/aromatic N) is 1. The molecule has 1 aliphatic rings. The topological polar surface area (TPSA) is 71.5 Å². The molecule has 16 heavy (non-hydrogen) atoms. The predicted molar refractivity (Wildman–Crippen MR) is 57.6 cm³/mol. The van der Waals surface area contributed by atoms with Gasteiger partial charge in [-0.2, -0.15) is 12.7 Å². The quantitative estimate of drug-likeness (QED) is 0.559. The van der Waals surface area contributed by atoms with Gasteiger partial charge in [0.2, 0.25) is 5.91 Å². The molecule has 0 saturated heterocycles. The summed E-state index contributed by atoms with van der Waals surface area (Å²) < 4.78 is 22.9. The molecule has 0 fully saturated rings. The first kappa shape index (κ1) is 11.1. The zero-order valence-electron chi connectivity index (χ0n) is 7.88. The van der Waals surface area contributed by atoms with Gasteiger partial charge in [0.25, 0.3) is 0 Å². The van der Waals surface area contributed by atoms with Crippen molar-refractivity contribution in [2.24, 2.45) is 0 Å². The molecular weight excluding hydrogens is 254 g/mol. The Morgan fingerprint density at radius 1 is 1.19 bits per heavy atom. The zero-order valence-corrected chi connectivity index (χ0v) is 9.46. The van der Waals surface area contributed by atoms with Crippen molar-refractivity contribution in [1.82, 2.24) is 0 Å². The minimum atomic E-state index is -4.21. The summed E-state index contributed by atoms with van der Waals surface area (Å²) in [6.45, 7) is 0. The lowest BCUT2D eigenvalue weighted by atomic mass is 10.0. The van der Waals surface area contributed by atoms with Crippen molar-refractivity contribution in [3.63, 3.8) is 0 Å². The Labute approximate surface area is 96.2 Å². The number of anilines is 1. The summed E-state index contributed by atoms with van der Waals surface area (Å²) in [6.07, 6.45) is -0.483. The van der Waals surface area contributed by atoms with Crippen LogP contribution in [0.2, 0.25) is 0 Å². The van der Waals surface area contributed by atoms with Gasteiger partial charge in [-0.05, 0) is 12.1 Å². The summed E-state index contributed by atoms with van der Waals surface area (Å²) >= 11 is 0. The third kappa shape index (κ3) is 1.70. The van der Waals surface area contributed by atoms with Crippen LogP contribution in [0.5, 0.6) is 0 Å². The molecule has 1 aromatic rings. The van der Waals surface area contributed by atoms with Crippen molar-refractivity contribution in [3.05, 3.63) is 29.8 Å². The van der Waals surface area contributed by atoms with Crippen LogP contribution in [0.15, 0.2) is 24.3 Å². The molecule has 0 bridgehead atoms. The molecule has 84 valence electrons. The average Bonchev–Trinajstić information content (AvgIpc) is 2.15. The molecule has 2 rings (SSSR count). The van der Waals surface area contributed by atoms with Gasteiger partial charge >= 0.3 is 9.24 Å². The molecule has 1 aliphatic heterocycles. The molecule has 0 unspecified atom stereocenters. The van der Waals surface area contributed by atoms with Crippen molar-refractivity contribution in [1.29, 1.82) is 0 Å². The Balaban J connectivity index is 2.70. The van der Waals surface area contributed by atoms with Crippen molar-refractivity contribution < 1.29 is 18.0 Å². The van der Waals surface area contributed by atoms with E-state index in [9.17, 15) is 18.0 Å². The minimum Gasteiger partial charge on any atom is -0.294 e. The fourth-order valence-electron chi connectivity index (χ4n) is 1.56. The maximum atomic E-state index is 11.5. The van der Waals surface area contributed by atoms with Crippen molar-refractivity contribution in [2.45, 2.75) is 6.42 Å². The van der Waals surface area contributed by atoms with Gasteiger partial charge in [-0.25, -0.2) is 0 Å². The number of halogens is 1. The highest BCUT2D eigenvalue weighted by molar-refractivity contribution is 8.15. The fourth-order valence-corrected chi connectivity index (χ4v) is 2.72. The lowest BCUT2D eigenvalue weighted by molar-refractivity contribution is -0.116. The van der Waals surface area contributed by atoms with Crippen LogP contribution in [-0.2, 0) is 14.0 Å². The fraction of sp³-hybridized carbons (Fsp3) is 0.111. The second-order valence-corrected chi connectivity index (χ2v) is 5.58. The number of carbonyl (C=O) groups is 2. The Morgan fingerprint density at radius 3 is 2.44 bits per heavy atom. The number of carbonyl (C=O) groups excluding carboxylic acids is 2. The number of para-hydroxylation sites is 1. The van der Waals surface area contributed by atoms with E-state index in [2.05, 4.69) is 0 Å². The second kappa shape index (κ2) is 3.57. The Hall–Kier alpha value is -1.40. The Bertz CT molecular complexity index is 581. The van der Waals surface area contributed by atoms with Crippen LogP contribution in [0.25, 0.3) is 0 Å². The molecule has 7 heteroatoms. The second-order valence-electron chi connectivity index (χ2n) is 3.22. The summed E-state index contributed by atoms with van der Waals surface area (Å²) in [6, 6.07) is 5.94. The lowest BCUT2D eigenvalue weighted by Gasteiger charge is -2.24. The van der Waals surface area contributed by atoms with Crippen LogP contribution in [0.4, 0.5) is 5.69 Å². The van der Waals surface area contributed by atoms with Crippen LogP contribution >= 0.6 is 10.7 Å². The highest BCUT2D eigenvalue weighted by Crippen LogP contribution is 2.30. The molecule has 0 atom stereocenters. The van der Waals surface area contributed by atoms with E-state index in [-0.39, 0.29) is 11.3 Å². The number of amides is 1. The van der Waals surface area contributed by atoms with Gasteiger partial charge in [0, 0.05) is 16.2 Å². The lowest BCUT2D eigenvalue weighted by Crippen LogP contribution is -2.39. The summed E-state index contributed by atoms with van der Waals surface area (Å²) in [5, 5.41) is 0. The van der Waals surface area contributed by atoms with Gasteiger partial charge in [0.1, 0.15) is 0 Å². The van der Waals surface area contributed by atoms with Gasteiger partial charge in [-0.3, -0.25) is 9.59 Å². The number of Topliss-reactive ketones (excluding diaryl/α,β-unsaturated/α-hetero) is 1. The summed E-state index contributed by atoms with van der Waals surface area (Å²) in [5.74, 6) is -1.24. The van der Waals surface area contributed by atoms with Crippen molar-refractivity contribution in [2.75, 3.05) is 4.31 Å². The first-order valence-electron chi connectivity index (χ1n) is 4.31. The highest BCUT2D eigenvalue weighted by atomic mass is 35.7. The maximum Gasteiger partial charge on any atom is 0.328 e. The van der Waals surface area contributed by atoms with E-state index in [1.165, 1.54) is 18.2 Å². The monoisotopic (exact) mass is 259 g/mol. The number of hydrogen-bond donors (Lipinski definition) is 0. The van der Waals surface area contributed by atoms with Gasteiger partial charge in [0.15, 0.2) is 5.78 Å². The summed E-state index contributed by atoms with van der Waals surface area (Å²) in [4.78, 5) is 22.9. The Morgan fingerprint density at radius 2 is 1.81 bits per heavy atom. The normalized spacial score (nSPS) is 16.2. The summed E-state index contributed by atoms with van der Waals surface area (Å²) in [7, 11) is 0.940. The molecule has 1 amide bonds. The van der Waals surface area contributed by atoms with Crippen LogP contribution in [0, 0.1) is 0 Å². The maximum absolute atomic E-state index is 11.5. The third-order valence-corrected chi connectivity index (χ3v) is 3.43. The molecule has 0 N–H and O–H groups in total. The Kier molecular flexibility index (Phi) is 2.47. The third-order valence-electron chi connectivity index (χ3n) is 2.18. The molecule has 0 spiro atoms. The number of fused-ring (bicyclic) bond motifs is 1. The van der Waals surface area contributed by atoms with Crippen LogP contribution < -0.4 is 4.31 Å². The molecular formula is C9H6ClNO4S. The highest BCUT2D eigenvalue weighted by Gasteiger charge is 2.36. The molecule has 0 saturated carbocycles. The minimum absolute atomic E-state index is 0.0127. The zero-order chi connectivity index (χ0) is 11.9. The van der Waals surface area contributed by atoms with E-state index in [1.807, 2.05) is 0 Å². The smallest absolute Gasteiger partial charge is 0.294 e. The van der Waals surface area contributed by atoms with Crippen LogP contribution in [-0.4, -0.2) is 20.1 Å². The average molecular weight is 260 g/mol. The van der Waals surface area contributed by atoms with Gasteiger partial charge in [-0.15, -0.1) is 0 Å². The summed E-state index contributed by atoms with van der Waals surface area (Å²) in [5.41, 5.74) is 0.199. The molecule has 1 heterocycles. The van der Waals surface area contributed by atoms with Crippen LogP contribution in [0.1, 0.15) is 16.8 Å². The number of benzene rings is 1. The van der Waals surface area contributed by atoms with E-state index in [1.54, 1.807) is 6.07 Å². The van der Waals surface area contributed by atoms with E-state index in [4.69, 9.17) is 10.7 Å². The predicted octanol–water partition coefficient (Wildman–Crippen LogP) is 1.09. The van der Waals surface area contributed by atoms with Gasteiger partial charge in [0.05, 0.1) is 12.1 Å². The van der Waals surface area contributed by atoms with Crippen LogP contribution in [0.3, 0.4) is 0 Å². The van der Waals surface area contributed by atoms with E-state index in [0.717, 1.165) is 0 Å². The first-order chi connectivity index (χ1) is 7.41.